The van der Waals surface area contributed by atoms with Gasteiger partial charge in [0.1, 0.15) is 18.2 Å². The Balaban J connectivity index is 1.45. The zero-order chi connectivity index (χ0) is 18.5. The van der Waals surface area contributed by atoms with Crippen molar-refractivity contribution in [3.63, 3.8) is 0 Å². The van der Waals surface area contributed by atoms with Gasteiger partial charge in [0.05, 0.1) is 0 Å². The van der Waals surface area contributed by atoms with E-state index in [2.05, 4.69) is 48.8 Å². The molecule has 0 bridgehead atoms. The first-order chi connectivity index (χ1) is 12.5. The van der Waals surface area contributed by atoms with Crippen molar-refractivity contribution in [3.8, 4) is 5.75 Å². The Labute approximate surface area is 156 Å². The minimum Gasteiger partial charge on any atom is -0.492 e. The second-order valence-corrected chi connectivity index (χ2v) is 7.33. The van der Waals surface area contributed by atoms with E-state index >= 15 is 0 Å². The van der Waals surface area contributed by atoms with E-state index in [4.69, 9.17) is 4.74 Å². The Morgan fingerprint density at radius 2 is 1.69 bits per heavy atom. The molecule has 3 rings (SSSR count). The minimum atomic E-state index is -0.179. The van der Waals surface area contributed by atoms with Crippen LogP contribution in [0.15, 0.2) is 42.5 Å². The number of ether oxygens (including phenoxy) is 1. The molecule has 0 N–H and O–H groups in total. The number of benzene rings is 2. The fourth-order valence-electron chi connectivity index (χ4n) is 3.30. The van der Waals surface area contributed by atoms with Gasteiger partial charge in [-0.2, -0.15) is 0 Å². The number of aryl methyl sites for hydroxylation is 1. The maximum Gasteiger partial charge on any atom is 0.123 e. The molecule has 0 radical (unpaired) electrons. The van der Waals surface area contributed by atoms with Crippen LogP contribution >= 0.6 is 0 Å². The van der Waals surface area contributed by atoms with E-state index in [1.54, 1.807) is 0 Å². The van der Waals surface area contributed by atoms with Crippen molar-refractivity contribution >= 4 is 5.69 Å². The molecular weight excluding hydrogens is 327 g/mol. The summed E-state index contributed by atoms with van der Waals surface area (Å²) in [7, 11) is 0. The molecule has 3 nitrogen and oxygen atoms in total. The Kier molecular flexibility index (Phi) is 6.15. The summed E-state index contributed by atoms with van der Waals surface area (Å²) >= 11 is 0. The first kappa shape index (κ1) is 18.7. The molecule has 1 heterocycles. The summed E-state index contributed by atoms with van der Waals surface area (Å²) in [5.41, 5.74) is 3.61. The first-order valence-corrected chi connectivity index (χ1v) is 9.49. The van der Waals surface area contributed by atoms with Crippen LogP contribution in [-0.4, -0.2) is 44.2 Å². The van der Waals surface area contributed by atoms with Gasteiger partial charge in [-0.1, -0.05) is 26.0 Å². The van der Waals surface area contributed by atoms with E-state index in [1.807, 2.05) is 12.1 Å². The molecule has 2 aromatic rings. The first-order valence-electron chi connectivity index (χ1n) is 9.49. The number of hydrogen-bond acceptors (Lipinski definition) is 3. The Hall–Kier alpha value is -2.07. The summed E-state index contributed by atoms with van der Waals surface area (Å²) in [6, 6.07) is 13.3. The summed E-state index contributed by atoms with van der Waals surface area (Å²) in [5.74, 6) is 1.33. The van der Waals surface area contributed by atoms with Crippen molar-refractivity contribution in [3.05, 3.63) is 59.4 Å². The number of piperazine rings is 1. The van der Waals surface area contributed by atoms with Gasteiger partial charge in [-0.15, -0.1) is 0 Å². The second kappa shape index (κ2) is 8.54. The van der Waals surface area contributed by atoms with Gasteiger partial charge < -0.3 is 9.64 Å². The van der Waals surface area contributed by atoms with E-state index in [0.717, 1.165) is 44.2 Å². The van der Waals surface area contributed by atoms with Crippen LogP contribution in [0.5, 0.6) is 5.75 Å². The van der Waals surface area contributed by atoms with Gasteiger partial charge in [-0.05, 0) is 54.3 Å². The highest BCUT2D eigenvalue weighted by Crippen LogP contribution is 2.24. The van der Waals surface area contributed by atoms with E-state index < -0.39 is 0 Å². The summed E-state index contributed by atoms with van der Waals surface area (Å²) in [4.78, 5) is 4.74. The van der Waals surface area contributed by atoms with Crippen molar-refractivity contribution in [2.45, 2.75) is 26.7 Å². The van der Waals surface area contributed by atoms with Gasteiger partial charge in [0.15, 0.2) is 0 Å². The van der Waals surface area contributed by atoms with Crippen molar-refractivity contribution < 1.29 is 9.13 Å². The third-order valence-corrected chi connectivity index (χ3v) is 5.11. The molecule has 0 amide bonds. The third-order valence-electron chi connectivity index (χ3n) is 5.11. The fraction of sp³-hybridized carbons (Fsp3) is 0.455. The van der Waals surface area contributed by atoms with Gasteiger partial charge >= 0.3 is 0 Å². The van der Waals surface area contributed by atoms with Crippen LogP contribution in [0.1, 0.15) is 30.9 Å². The van der Waals surface area contributed by atoms with Crippen molar-refractivity contribution in [1.82, 2.24) is 4.90 Å². The molecule has 0 atom stereocenters. The normalized spacial score (nSPS) is 15.5. The molecule has 0 unspecified atom stereocenters. The van der Waals surface area contributed by atoms with Crippen LogP contribution < -0.4 is 9.64 Å². The summed E-state index contributed by atoms with van der Waals surface area (Å²) < 4.78 is 19.1. The summed E-state index contributed by atoms with van der Waals surface area (Å²) in [6.45, 7) is 12.1. The topological polar surface area (TPSA) is 15.7 Å². The van der Waals surface area contributed by atoms with E-state index in [1.165, 1.54) is 23.3 Å². The van der Waals surface area contributed by atoms with E-state index in [0.29, 0.717) is 12.5 Å². The number of rotatable bonds is 6. The fourth-order valence-corrected chi connectivity index (χ4v) is 3.30. The number of hydrogen-bond donors (Lipinski definition) is 0. The van der Waals surface area contributed by atoms with Crippen LogP contribution in [0.4, 0.5) is 10.1 Å². The molecule has 4 heteroatoms. The van der Waals surface area contributed by atoms with Gasteiger partial charge in [0.25, 0.3) is 0 Å². The highest BCUT2D eigenvalue weighted by molar-refractivity contribution is 5.46. The van der Waals surface area contributed by atoms with Crippen molar-refractivity contribution in [1.29, 1.82) is 0 Å². The lowest BCUT2D eigenvalue weighted by atomic mass is 10.0. The molecule has 1 aliphatic heterocycles. The quantitative estimate of drug-likeness (QED) is 0.760. The Morgan fingerprint density at radius 1 is 1.00 bits per heavy atom. The highest BCUT2D eigenvalue weighted by atomic mass is 19.1. The zero-order valence-corrected chi connectivity index (χ0v) is 16.0. The monoisotopic (exact) mass is 356 g/mol. The van der Waals surface area contributed by atoms with Crippen LogP contribution in [0, 0.1) is 12.7 Å². The molecule has 1 saturated heterocycles. The molecule has 0 aromatic heterocycles. The van der Waals surface area contributed by atoms with E-state index in [-0.39, 0.29) is 5.82 Å². The zero-order valence-electron chi connectivity index (χ0n) is 16.0. The molecule has 1 aliphatic rings. The standard InChI is InChI=1S/C22H29FN2O/c1-17(2)19-5-4-18(3)22(16-19)26-15-14-24-10-12-25(13-11-24)21-8-6-20(23)7-9-21/h4-9,16-17H,10-15H2,1-3H3. The maximum absolute atomic E-state index is 13.1. The lowest BCUT2D eigenvalue weighted by Crippen LogP contribution is -2.47. The smallest absolute Gasteiger partial charge is 0.123 e. The lowest BCUT2D eigenvalue weighted by Gasteiger charge is -2.36. The molecular formula is C22H29FN2O. The Bertz CT molecular complexity index is 707. The second-order valence-electron chi connectivity index (χ2n) is 7.33. The van der Waals surface area contributed by atoms with Crippen LogP contribution in [-0.2, 0) is 0 Å². The third kappa shape index (κ3) is 4.76. The van der Waals surface area contributed by atoms with Crippen molar-refractivity contribution in [2.75, 3.05) is 44.2 Å². The van der Waals surface area contributed by atoms with Gasteiger partial charge in [0, 0.05) is 38.4 Å². The summed E-state index contributed by atoms with van der Waals surface area (Å²) in [5, 5.41) is 0. The largest absolute Gasteiger partial charge is 0.492 e. The van der Waals surface area contributed by atoms with Crippen LogP contribution in [0.3, 0.4) is 0 Å². The van der Waals surface area contributed by atoms with Crippen LogP contribution in [0.2, 0.25) is 0 Å². The van der Waals surface area contributed by atoms with Gasteiger partial charge in [-0.25, -0.2) is 4.39 Å². The molecule has 0 spiro atoms. The predicted molar refractivity (Wildman–Crippen MR) is 106 cm³/mol. The van der Waals surface area contributed by atoms with Crippen LogP contribution in [0.25, 0.3) is 0 Å². The molecule has 2 aromatic carbocycles. The summed E-state index contributed by atoms with van der Waals surface area (Å²) in [6.07, 6.45) is 0. The number of nitrogens with zero attached hydrogens (tertiary/aromatic N) is 2. The average molecular weight is 356 g/mol. The molecule has 0 aliphatic carbocycles. The van der Waals surface area contributed by atoms with Crippen molar-refractivity contribution in [2.24, 2.45) is 0 Å². The molecule has 0 saturated carbocycles. The molecule has 140 valence electrons. The highest BCUT2D eigenvalue weighted by Gasteiger charge is 2.17. The predicted octanol–water partition coefficient (Wildman–Crippen LogP) is 4.46. The average Bonchev–Trinajstić information content (AvgIpc) is 2.64. The Morgan fingerprint density at radius 3 is 2.35 bits per heavy atom. The van der Waals surface area contributed by atoms with Gasteiger partial charge in [-0.3, -0.25) is 4.90 Å². The molecule has 1 fully saturated rings. The lowest BCUT2D eigenvalue weighted by molar-refractivity contribution is 0.200. The maximum atomic E-state index is 13.1. The SMILES string of the molecule is Cc1ccc(C(C)C)cc1OCCN1CCN(c2ccc(F)cc2)CC1. The number of halogens is 1. The minimum absolute atomic E-state index is 0.179. The molecule has 26 heavy (non-hydrogen) atoms. The van der Waals surface area contributed by atoms with E-state index in [9.17, 15) is 4.39 Å². The van der Waals surface area contributed by atoms with Gasteiger partial charge in [0.2, 0.25) is 0 Å². The number of anilines is 1.